The second kappa shape index (κ2) is 11.6. The normalized spacial score (nSPS) is 15.5. The fraction of sp³-hybridized carbons (Fsp3) is 0.409. The Labute approximate surface area is 186 Å². The van der Waals surface area contributed by atoms with Crippen LogP contribution in [0.3, 0.4) is 0 Å². The van der Waals surface area contributed by atoms with Gasteiger partial charge in [0.2, 0.25) is 11.8 Å². The first-order valence-electron chi connectivity index (χ1n) is 10.4. The lowest BCUT2D eigenvalue weighted by molar-refractivity contribution is -0.136. The molecule has 2 heterocycles. The summed E-state index contributed by atoms with van der Waals surface area (Å²) in [4.78, 5) is 47.4. The highest BCUT2D eigenvalue weighted by atomic mass is 16.5. The molecule has 0 atom stereocenters. The lowest BCUT2D eigenvalue weighted by atomic mass is 10.1. The molecule has 0 saturated heterocycles. The van der Waals surface area contributed by atoms with Crippen LogP contribution in [-0.4, -0.2) is 72.5 Å². The first-order chi connectivity index (χ1) is 15.6. The molecule has 1 aromatic heterocycles. The van der Waals surface area contributed by atoms with Crippen molar-refractivity contribution in [3.05, 3.63) is 48.0 Å². The molecule has 10 heteroatoms. The Bertz CT molecular complexity index is 938. The van der Waals surface area contributed by atoms with E-state index in [1.807, 2.05) is 0 Å². The van der Waals surface area contributed by atoms with E-state index in [0.717, 1.165) is 0 Å². The van der Waals surface area contributed by atoms with Crippen LogP contribution in [-0.2, 0) is 16.0 Å². The van der Waals surface area contributed by atoms with Gasteiger partial charge in [-0.15, -0.1) is 0 Å². The summed E-state index contributed by atoms with van der Waals surface area (Å²) < 4.78 is 10.9. The number of rotatable bonds is 4. The van der Waals surface area contributed by atoms with Crippen molar-refractivity contribution in [2.24, 2.45) is 0 Å². The molecule has 0 fully saturated rings. The zero-order chi connectivity index (χ0) is 22.8. The molecule has 3 rings (SSSR count). The van der Waals surface area contributed by atoms with Crippen molar-refractivity contribution in [1.29, 1.82) is 0 Å². The zero-order valence-electron chi connectivity index (χ0n) is 18.0. The van der Waals surface area contributed by atoms with E-state index in [4.69, 9.17) is 9.47 Å². The number of aryl methyl sites for hydroxylation is 1. The molecule has 0 bridgehead atoms. The standard InChI is InChI=1S/C22H27N5O5/c1-31-17-4-5-18-19(13-17)32-12-10-25-20(28)15-27(11-2-7-26-22(18)30)21(29)6-3-16-14-23-8-9-24-16/h4-5,8-9,13-14H,2-3,6-7,10-12,15H2,1H3,(H,25,28)(H,26,30). The van der Waals surface area contributed by atoms with Crippen LogP contribution in [0.25, 0.3) is 0 Å². The number of benzene rings is 1. The fourth-order valence-electron chi connectivity index (χ4n) is 3.23. The Balaban J connectivity index is 1.64. The smallest absolute Gasteiger partial charge is 0.255 e. The topological polar surface area (TPSA) is 123 Å². The van der Waals surface area contributed by atoms with E-state index in [1.165, 1.54) is 12.0 Å². The predicted octanol–water partition coefficient (Wildman–Crippen LogP) is 0.575. The first kappa shape index (κ1) is 23.0. The number of ether oxygens (including phenoxy) is 2. The highest BCUT2D eigenvalue weighted by molar-refractivity contribution is 5.97. The number of hydrogen-bond donors (Lipinski definition) is 2. The maximum Gasteiger partial charge on any atom is 0.255 e. The molecule has 0 unspecified atom stereocenters. The average Bonchev–Trinajstić information content (AvgIpc) is 2.82. The Morgan fingerprint density at radius 2 is 2.09 bits per heavy atom. The molecule has 0 spiro atoms. The van der Waals surface area contributed by atoms with E-state index in [0.29, 0.717) is 48.7 Å². The third-order valence-corrected chi connectivity index (χ3v) is 4.90. The summed E-state index contributed by atoms with van der Waals surface area (Å²) in [6.07, 6.45) is 5.93. The lowest BCUT2D eigenvalue weighted by Gasteiger charge is -2.23. The number of hydrogen-bond acceptors (Lipinski definition) is 7. The molecular formula is C22H27N5O5. The highest BCUT2D eigenvalue weighted by Gasteiger charge is 2.19. The van der Waals surface area contributed by atoms with Crippen molar-refractivity contribution in [2.75, 3.05) is 39.9 Å². The predicted molar refractivity (Wildman–Crippen MR) is 115 cm³/mol. The van der Waals surface area contributed by atoms with Gasteiger partial charge in [0.15, 0.2) is 0 Å². The van der Waals surface area contributed by atoms with E-state index in [-0.39, 0.29) is 43.8 Å². The number of nitrogens with zero attached hydrogens (tertiary/aromatic N) is 3. The fourth-order valence-corrected chi connectivity index (χ4v) is 3.23. The number of nitrogens with one attached hydrogen (secondary N) is 2. The van der Waals surface area contributed by atoms with Crippen molar-refractivity contribution in [3.63, 3.8) is 0 Å². The molecule has 1 aliphatic rings. The minimum Gasteiger partial charge on any atom is -0.497 e. The van der Waals surface area contributed by atoms with Gasteiger partial charge in [0.1, 0.15) is 18.1 Å². The second-order valence-corrected chi connectivity index (χ2v) is 7.18. The van der Waals surface area contributed by atoms with Crippen LogP contribution in [0.15, 0.2) is 36.8 Å². The van der Waals surface area contributed by atoms with Crippen molar-refractivity contribution in [1.82, 2.24) is 25.5 Å². The van der Waals surface area contributed by atoms with Crippen molar-refractivity contribution < 1.29 is 23.9 Å². The second-order valence-electron chi connectivity index (χ2n) is 7.18. The van der Waals surface area contributed by atoms with Crippen LogP contribution in [0, 0.1) is 0 Å². The SMILES string of the molecule is COc1ccc2c(c1)OCCNC(=O)CN(C(=O)CCc1cnccn1)CCCNC2=O. The van der Waals surface area contributed by atoms with Gasteiger partial charge in [-0.1, -0.05) is 0 Å². The van der Waals surface area contributed by atoms with Gasteiger partial charge in [0.25, 0.3) is 5.91 Å². The van der Waals surface area contributed by atoms with Crippen molar-refractivity contribution in [3.8, 4) is 11.5 Å². The van der Waals surface area contributed by atoms with Crippen LogP contribution in [0.4, 0.5) is 0 Å². The van der Waals surface area contributed by atoms with Gasteiger partial charge in [0.05, 0.1) is 31.5 Å². The highest BCUT2D eigenvalue weighted by Crippen LogP contribution is 2.25. The zero-order valence-corrected chi connectivity index (χ0v) is 18.0. The molecular weight excluding hydrogens is 414 g/mol. The molecule has 32 heavy (non-hydrogen) atoms. The van der Waals surface area contributed by atoms with Crippen LogP contribution >= 0.6 is 0 Å². The summed E-state index contributed by atoms with van der Waals surface area (Å²) in [5.41, 5.74) is 1.10. The number of methoxy groups -OCH3 is 1. The van der Waals surface area contributed by atoms with Crippen LogP contribution in [0.5, 0.6) is 11.5 Å². The minimum absolute atomic E-state index is 0.0579. The maximum absolute atomic E-state index is 12.7. The number of amides is 3. The van der Waals surface area contributed by atoms with Crippen molar-refractivity contribution in [2.45, 2.75) is 19.3 Å². The van der Waals surface area contributed by atoms with Gasteiger partial charge in [-0.05, 0) is 25.0 Å². The quantitative estimate of drug-likeness (QED) is 0.711. The molecule has 3 amide bonds. The van der Waals surface area contributed by atoms with Crippen molar-refractivity contribution >= 4 is 17.7 Å². The van der Waals surface area contributed by atoms with Crippen LogP contribution in [0.1, 0.15) is 28.9 Å². The van der Waals surface area contributed by atoms with Gasteiger partial charge < -0.3 is 25.0 Å². The third kappa shape index (κ3) is 6.66. The summed E-state index contributed by atoms with van der Waals surface area (Å²) in [5, 5.41) is 5.60. The van der Waals surface area contributed by atoms with Crippen LogP contribution < -0.4 is 20.1 Å². The number of carbonyl (C=O) groups is 3. The van der Waals surface area contributed by atoms with Gasteiger partial charge >= 0.3 is 0 Å². The van der Waals surface area contributed by atoms with E-state index in [2.05, 4.69) is 20.6 Å². The molecule has 1 aromatic carbocycles. The Morgan fingerprint density at radius 3 is 2.88 bits per heavy atom. The van der Waals surface area contributed by atoms with Gasteiger partial charge in [-0.25, -0.2) is 0 Å². The summed E-state index contributed by atoms with van der Waals surface area (Å²) in [7, 11) is 1.53. The molecule has 0 radical (unpaired) electrons. The molecule has 170 valence electrons. The number of carbonyl (C=O) groups excluding carboxylic acids is 3. The Hall–Kier alpha value is -3.69. The number of aromatic nitrogens is 2. The van der Waals surface area contributed by atoms with E-state index in [9.17, 15) is 14.4 Å². The van der Waals surface area contributed by atoms with Gasteiger partial charge in [0, 0.05) is 44.2 Å². The van der Waals surface area contributed by atoms with Gasteiger partial charge in [-0.3, -0.25) is 24.4 Å². The molecule has 0 saturated carbocycles. The van der Waals surface area contributed by atoms with Gasteiger partial charge in [-0.2, -0.15) is 0 Å². The van der Waals surface area contributed by atoms with E-state index < -0.39 is 0 Å². The summed E-state index contributed by atoms with van der Waals surface area (Å²) in [6.45, 7) is 1.04. The van der Waals surface area contributed by atoms with Crippen LogP contribution in [0.2, 0.25) is 0 Å². The average molecular weight is 441 g/mol. The molecule has 1 aliphatic heterocycles. The minimum atomic E-state index is -0.274. The summed E-state index contributed by atoms with van der Waals surface area (Å²) in [5.74, 6) is 0.252. The van der Waals surface area contributed by atoms with E-state index in [1.54, 1.807) is 36.8 Å². The van der Waals surface area contributed by atoms with E-state index >= 15 is 0 Å². The number of fused-ring (bicyclic) bond motifs is 1. The molecule has 2 N–H and O–H groups in total. The Morgan fingerprint density at radius 1 is 1.22 bits per heavy atom. The monoisotopic (exact) mass is 441 g/mol. The largest absolute Gasteiger partial charge is 0.497 e. The molecule has 0 aliphatic carbocycles. The summed E-state index contributed by atoms with van der Waals surface area (Å²) in [6, 6.07) is 4.96. The summed E-state index contributed by atoms with van der Waals surface area (Å²) >= 11 is 0. The lowest BCUT2D eigenvalue weighted by Crippen LogP contribution is -2.43. The Kier molecular flexibility index (Phi) is 8.36. The first-order valence-corrected chi connectivity index (χ1v) is 10.4. The third-order valence-electron chi connectivity index (χ3n) is 4.90. The molecule has 10 nitrogen and oxygen atoms in total. The maximum atomic E-state index is 12.7. The molecule has 2 aromatic rings.